The van der Waals surface area contributed by atoms with Crippen molar-refractivity contribution in [2.24, 2.45) is 5.73 Å². The van der Waals surface area contributed by atoms with Crippen molar-refractivity contribution < 1.29 is 4.79 Å². The molecule has 0 fully saturated rings. The van der Waals surface area contributed by atoms with Gasteiger partial charge in [-0.05, 0) is 40.4 Å². The van der Waals surface area contributed by atoms with E-state index in [1.54, 1.807) is 11.3 Å². The Kier molecular flexibility index (Phi) is 7.09. The SMILES string of the molecule is NCCN(CCc1ccccc1)C(=O)CCc1cc(Br)cs1. The van der Waals surface area contributed by atoms with Crippen molar-refractivity contribution in [1.29, 1.82) is 0 Å². The standard InChI is InChI=1S/C17H21BrN2OS/c18-15-12-16(22-13-15)6-7-17(21)20(11-9-19)10-8-14-4-2-1-3-5-14/h1-5,12-13H,6-11,19H2. The molecular formula is C17H21BrN2OS. The molecule has 1 aromatic heterocycles. The molecule has 0 spiro atoms. The van der Waals surface area contributed by atoms with E-state index in [0.29, 0.717) is 19.5 Å². The number of nitrogens with two attached hydrogens (primary N) is 1. The number of amides is 1. The highest BCUT2D eigenvalue weighted by Gasteiger charge is 2.13. The Morgan fingerprint density at radius 2 is 1.95 bits per heavy atom. The zero-order chi connectivity index (χ0) is 15.8. The van der Waals surface area contributed by atoms with E-state index in [1.807, 2.05) is 28.5 Å². The van der Waals surface area contributed by atoms with E-state index < -0.39 is 0 Å². The molecule has 1 aromatic carbocycles. The summed E-state index contributed by atoms with van der Waals surface area (Å²) < 4.78 is 1.09. The molecular weight excluding hydrogens is 360 g/mol. The fourth-order valence-corrected chi connectivity index (χ4v) is 3.75. The van der Waals surface area contributed by atoms with Crippen molar-refractivity contribution in [3.05, 3.63) is 56.7 Å². The summed E-state index contributed by atoms with van der Waals surface area (Å²) in [5.41, 5.74) is 6.90. The van der Waals surface area contributed by atoms with Gasteiger partial charge in [0.15, 0.2) is 0 Å². The summed E-state index contributed by atoms with van der Waals surface area (Å²) in [5, 5.41) is 2.05. The van der Waals surface area contributed by atoms with Gasteiger partial charge >= 0.3 is 0 Å². The lowest BCUT2D eigenvalue weighted by molar-refractivity contribution is -0.131. The van der Waals surface area contributed by atoms with Gasteiger partial charge < -0.3 is 10.6 Å². The molecule has 0 radical (unpaired) electrons. The third-order valence-corrected chi connectivity index (χ3v) is 5.23. The van der Waals surface area contributed by atoms with Gasteiger partial charge in [0.2, 0.25) is 5.91 Å². The number of aryl methyl sites for hydroxylation is 1. The molecule has 5 heteroatoms. The zero-order valence-electron chi connectivity index (χ0n) is 12.5. The van der Waals surface area contributed by atoms with Crippen LogP contribution in [0.4, 0.5) is 0 Å². The molecule has 0 unspecified atom stereocenters. The Morgan fingerprint density at radius 1 is 1.18 bits per heavy atom. The van der Waals surface area contributed by atoms with Crippen molar-refractivity contribution >= 4 is 33.2 Å². The number of hydrogen-bond donors (Lipinski definition) is 1. The van der Waals surface area contributed by atoms with E-state index in [9.17, 15) is 4.79 Å². The molecule has 3 nitrogen and oxygen atoms in total. The van der Waals surface area contributed by atoms with Gasteiger partial charge in [-0.1, -0.05) is 30.3 Å². The van der Waals surface area contributed by atoms with Gasteiger partial charge in [0.1, 0.15) is 0 Å². The first-order valence-electron chi connectivity index (χ1n) is 7.43. The molecule has 22 heavy (non-hydrogen) atoms. The third-order valence-electron chi connectivity index (χ3n) is 3.47. The summed E-state index contributed by atoms with van der Waals surface area (Å²) in [6.45, 7) is 1.86. The highest BCUT2D eigenvalue weighted by atomic mass is 79.9. The highest BCUT2D eigenvalue weighted by Crippen LogP contribution is 2.21. The average molecular weight is 381 g/mol. The Bertz CT molecular complexity index is 585. The number of rotatable bonds is 8. The monoisotopic (exact) mass is 380 g/mol. The number of benzene rings is 1. The minimum Gasteiger partial charge on any atom is -0.341 e. The van der Waals surface area contributed by atoms with Crippen LogP contribution in [0.25, 0.3) is 0 Å². The molecule has 2 aromatic rings. The van der Waals surface area contributed by atoms with Crippen LogP contribution in [0.15, 0.2) is 46.3 Å². The maximum absolute atomic E-state index is 12.4. The van der Waals surface area contributed by atoms with E-state index in [4.69, 9.17) is 5.73 Å². The van der Waals surface area contributed by atoms with Gasteiger partial charge in [-0.3, -0.25) is 4.79 Å². The number of carbonyl (C=O) groups excluding carboxylic acids is 1. The summed E-state index contributed by atoms with van der Waals surface area (Å²) in [7, 11) is 0. The van der Waals surface area contributed by atoms with E-state index in [-0.39, 0.29) is 5.91 Å². The van der Waals surface area contributed by atoms with Crippen LogP contribution in [-0.2, 0) is 17.6 Å². The van der Waals surface area contributed by atoms with Crippen molar-refractivity contribution in [2.45, 2.75) is 19.3 Å². The molecule has 0 atom stereocenters. The fraction of sp³-hybridized carbons (Fsp3) is 0.353. The number of carbonyl (C=O) groups is 1. The molecule has 2 rings (SSSR count). The first-order valence-corrected chi connectivity index (χ1v) is 9.11. The Balaban J connectivity index is 1.84. The van der Waals surface area contributed by atoms with Crippen LogP contribution in [0.5, 0.6) is 0 Å². The van der Waals surface area contributed by atoms with Crippen LogP contribution in [0, 0.1) is 0 Å². The van der Waals surface area contributed by atoms with Crippen LogP contribution in [-0.4, -0.2) is 30.4 Å². The molecule has 1 heterocycles. The van der Waals surface area contributed by atoms with E-state index in [0.717, 1.165) is 23.9 Å². The zero-order valence-corrected chi connectivity index (χ0v) is 14.9. The minimum atomic E-state index is 0.186. The van der Waals surface area contributed by atoms with Crippen LogP contribution in [0.1, 0.15) is 16.9 Å². The van der Waals surface area contributed by atoms with Crippen LogP contribution in [0.3, 0.4) is 0 Å². The average Bonchev–Trinajstić information content (AvgIpc) is 2.95. The lowest BCUT2D eigenvalue weighted by Crippen LogP contribution is -2.37. The summed E-state index contributed by atoms with van der Waals surface area (Å²) >= 11 is 5.13. The molecule has 2 N–H and O–H groups in total. The van der Waals surface area contributed by atoms with Gasteiger partial charge in [-0.15, -0.1) is 11.3 Å². The van der Waals surface area contributed by atoms with E-state index in [2.05, 4.69) is 34.1 Å². The van der Waals surface area contributed by atoms with Gasteiger partial charge in [0, 0.05) is 40.8 Å². The molecule has 0 aliphatic heterocycles. The summed E-state index contributed by atoms with van der Waals surface area (Å²) in [4.78, 5) is 15.5. The number of hydrogen-bond acceptors (Lipinski definition) is 3. The largest absolute Gasteiger partial charge is 0.341 e. The molecule has 0 saturated heterocycles. The van der Waals surface area contributed by atoms with Gasteiger partial charge in [-0.25, -0.2) is 0 Å². The summed E-state index contributed by atoms with van der Waals surface area (Å²) in [5.74, 6) is 0.186. The van der Waals surface area contributed by atoms with E-state index in [1.165, 1.54) is 10.4 Å². The predicted molar refractivity (Wildman–Crippen MR) is 96.1 cm³/mol. The molecule has 1 amide bonds. The van der Waals surface area contributed by atoms with E-state index >= 15 is 0 Å². The predicted octanol–water partition coefficient (Wildman–Crippen LogP) is 3.47. The number of halogens is 1. The number of thiophene rings is 1. The molecule has 0 bridgehead atoms. The maximum atomic E-state index is 12.4. The van der Waals surface area contributed by atoms with Crippen LogP contribution >= 0.6 is 27.3 Å². The lowest BCUT2D eigenvalue weighted by atomic mass is 10.1. The highest BCUT2D eigenvalue weighted by molar-refractivity contribution is 9.10. The third kappa shape index (κ3) is 5.55. The molecule has 118 valence electrons. The maximum Gasteiger partial charge on any atom is 0.222 e. The normalized spacial score (nSPS) is 10.6. The Labute approximate surface area is 144 Å². The smallest absolute Gasteiger partial charge is 0.222 e. The van der Waals surface area contributed by atoms with Crippen molar-refractivity contribution in [2.75, 3.05) is 19.6 Å². The Hall–Kier alpha value is -1.17. The second kappa shape index (κ2) is 9.08. The van der Waals surface area contributed by atoms with Crippen LogP contribution < -0.4 is 5.73 Å². The van der Waals surface area contributed by atoms with Gasteiger partial charge in [0.05, 0.1) is 0 Å². The second-order valence-electron chi connectivity index (χ2n) is 5.14. The molecule has 0 aliphatic rings. The summed E-state index contributed by atoms with van der Waals surface area (Å²) in [6, 6.07) is 12.3. The summed E-state index contributed by atoms with van der Waals surface area (Å²) in [6.07, 6.45) is 2.21. The van der Waals surface area contributed by atoms with Crippen molar-refractivity contribution in [3.8, 4) is 0 Å². The molecule has 0 aliphatic carbocycles. The first kappa shape index (κ1) is 17.2. The topological polar surface area (TPSA) is 46.3 Å². The first-order chi connectivity index (χ1) is 10.7. The van der Waals surface area contributed by atoms with Crippen molar-refractivity contribution in [1.82, 2.24) is 4.90 Å². The lowest BCUT2D eigenvalue weighted by Gasteiger charge is -2.22. The minimum absolute atomic E-state index is 0.186. The number of nitrogens with zero attached hydrogens (tertiary/aromatic N) is 1. The molecule has 0 saturated carbocycles. The van der Waals surface area contributed by atoms with Gasteiger partial charge in [-0.2, -0.15) is 0 Å². The van der Waals surface area contributed by atoms with Gasteiger partial charge in [0.25, 0.3) is 0 Å². The van der Waals surface area contributed by atoms with Crippen LogP contribution in [0.2, 0.25) is 0 Å². The fourth-order valence-electron chi connectivity index (χ4n) is 2.30. The van der Waals surface area contributed by atoms with Crippen molar-refractivity contribution in [3.63, 3.8) is 0 Å². The Morgan fingerprint density at radius 3 is 2.59 bits per heavy atom. The quantitative estimate of drug-likeness (QED) is 0.761. The second-order valence-corrected chi connectivity index (χ2v) is 7.05.